The molecule has 2 saturated carbocycles. The molecule has 2 nitrogen and oxygen atoms in total. The lowest BCUT2D eigenvalue weighted by atomic mass is 9.64. The molecule has 34 heavy (non-hydrogen) atoms. The van der Waals surface area contributed by atoms with E-state index in [0.717, 1.165) is 43.1 Å². The minimum Gasteiger partial charge on any atom is -0.423 e. The third-order valence-electron chi connectivity index (χ3n) is 7.76. The summed E-state index contributed by atoms with van der Waals surface area (Å²) in [6.07, 6.45) is 17.7. The first-order valence-electron chi connectivity index (χ1n) is 12.9. The maximum Gasteiger partial charge on any atom is 0.343 e. The number of ether oxygens (including phenoxy) is 1. The molecule has 0 radical (unpaired) electrons. The molecule has 4 rings (SSSR count). The summed E-state index contributed by atoms with van der Waals surface area (Å²) in [5.74, 6) is 2.14. The standard InChI is InChI=1S/C31H37FO2/c1-3-5-6-8-22-10-16-28(17-11-22)34-31(33)27-15-18-29(30(32)21-27)26-14-13-24-19-23(7-4-2)9-12-25(24)20-26/h3-5,7,10-11,15-18,21,23-26H,6,8-9,12-14,19-20H2,1-2H3/b5-3+,7-4+. The number of esters is 1. The highest BCUT2D eigenvalue weighted by Crippen LogP contribution is 2.48. The van der Waals surface area contributed by atoms with Crippen LogP contribution in [0.25, 0.3) is 0 Å². The van der Waals surface area contributed by atoms with Crippen LogP contribution in [0.1, 0.15) is 86.2 Å². The van der Waals surface area contributed by atoms with Crippen LogP contribution in [0.2, 0.25) is 0 Å². The first-order valence-corrected chi connectivity index (χ1v) is 12.9. The van der Waals surface area contributed by atoms with E-state index >= 15 is 4.39 Å². The van der Waals surface area contributed by atoms with Crippen LogP contribution in [0, 0.1) is 23.6 Å². The van der Waals surface area contributed by atoms with Crippen molar-refractivity contribution in [1.29, 1.82) is 0 Å². The van der Waals surface area contributed by atoms with Gasteiger partial charge in [-0.05, 0) is 124 Å². The van der Waals surface area contributed by atoms with Gasteiger partial charge in [-0.15, -0.1) is 0 Å². The van der Waals surface area contributed by atoms with Crippen molar-refractivity contribution in [2.75, 3.05) is 0 Å². The normalized spacial score (nSPS) is 24.9. The summed E-state index contributed by atoms with van der Waals surface area (Å²) >= 11 is 0. The Bertz CT molecular complexity index is 1020. The maximum absolute atomic E-state index is 15.1. The molecule has 2 aliphatic rings. The first-order chi connectivity index (χ1) is 16.6. The van der Waals surface area contributed by atoms with Gasteiger partial charge in [-0.2, -0.15) is 0 Å². The van der Waals surface area contributed by atoms with Crippen molar-refractivity contribution in [2.45, 2.75) is 71.1 Å². The van der Waals surface area contributed by atoms with Gasteiger partial charge in [-0.3, -0.25) is 0 Å². The molecule has 0 spiro atoms. The van der Waals surface area contributed by atoms with Crippen molar-refractivity contribution < 1.29 is 13.9 Å². The summed E-state index contributed by atoms with van der Waals surface area (Å²) in [7, 11) is 0. The number of carbonyl (C=O) groups excluding carboxylic acids is 1. The van der Waals surface area contributed by atoms with Crippen LogP contribution in [0.3, 0.4) is 0 Å². The van der Waals surface area contributed by atoms with Crippen LogP contribution in [-0.4, -0.2) is 5.97 Å². The highest BCUT2D eigenvalue weighted by atomic mass is 19.1. The molecular weight excluding hydrogens is 423 g/mol. The maximum atomic E-state index is 15.1. The van der Waals surface area contributed by atoms with Crippen LogP contribution in [0.5, 0.6) is 5.75 Å². The number of aryl methyl sites for hydroxylation is 1. The molecule has 2 aromatic rings. The molecule has 0 saturated heterocycles. The molecular formula is C31H37FO2. The van der Waals surface area contributed by atoms with E-state index in [1.165, 1.54) is 37.3 Å². The summed E-state index contributed by atoms with van der Waals surface area (Å²) < 4.78 is 20.6. The molecule has 0 heterocycles. The largest absolute Gasteiger partial charge is 0.423 e. The Labute approximate surface area is 203 Å². The number of benzene rings is 2. The number of fused-ring (bicyclic) bond motifs is 1. The quantitative estimate of drug-likeness (QED) is 0.235. The molecule has 0 N–H and O–H groups in total. The predicted octanol–water partition coefficient (Wildman–Crippen LogP) is 8.43. The van der Waals surface area contributed by atoms with E-state index in [1.807, 2.05) is 31.2 Å². The lowest BCUT2D eigenvalue weighted by molar-refractivity contribution is 0.0734. The SMILES string of the molecule is C/C=C/CCc1ccc(OC(=O)c2ccc(C3CCC4CC(/C=C/C)CCC4C3)c(F)c2)cc1. The lowest BCUT2D eigenvalue weighted by Crippen LogP contribution is -2.30. The third kappa shape index (κ3) is 6.05. The van der Waals surface area contributed by atoms with E-state index in [2.05, 4.69) is 25.2 Å². The Kier molecular flexibility index (Phi) is 8.37. The van der Waals surface area contributed by atoms with Gasteiger partial charge in [0.1, 0.15) is 11.6 Å². The summed E-state index contributed by atoms with van der Waals surface area (Å²) in [5.41, 5.74) is 2.22. The van der Waals surface area contributed by atoms with Crippen molar-refractivity contribution in [3.8, 4) is 5.75 Å². The van der Waals surface area contributed by atoms with Crippen molar-refractivity contribution in [1.82, 2.24) is 0 Å². The van der Waals surface area contributed by atoms with Gasteiger partial charge in [0, 0.05) is 0 Å². The van der Waals surface area contributed by atoms with Crippen molar-refractivity contribution >= 4 is 5.97 Å². The van der Waals surface area contributed by atoms with E-state index in [0.29, 0.717) is 11.7 Å². The monoisotopic (exact) mass is 460 g/mol. The van der Waals surface area contributed by atoms with Gasteiger partial charge >= 0.3 is 5.97 Å². The second kappa shape index (κ2) is 11.6. The summed E-state index contributed by atoms with van der Waals surface area (Å²) in [6.45, 7) is 4.12. The predicted molar refractivity (Wildman–Crippen MR) is 137 cm³/mol. The number of halogens is 1. The zero-order chi connectivity index (χ0) is 23.9. The molecule has 2 fully saturated rings. The first kappa shape index (κ1) is 24.4. The van der Waals surface area contributed by atoms with Gasteiger partial charge in [0.15, 0.2) is 0 Å². The lowest BCUT2D eigenvalue weighted by Gasteiger charge is -2.41. The van der Waals surface area contributed by atoms with E-state index in [-0.39, 0.29) is 17.3 Å². The summed E-state index contributed by atoms with van der Waals surface area (Å²) in [5, 5.41) is 0. The fraction of sp³-hybridized carbons (Fsp3) is 0.452. The van der Waals surface area contributed by atoms with Gasteiger partial charge < -0.3 is 4.74 Å². The summed E-state index contributed by atoms with van der Waals surface area (Å²) in [4.78, 5) is 12.6. The van der Waals surface area contributed by atoms with Crippen LogP contribution < -0.4 is 4.74 Å². The second-order valence-corrected chi connectivity index (χ2v) is 10.0. The second-order valence-electron chi connectivity index (χ2n) is 10.0. The molecule has 0 amide bonds. The van der Waals surface area contributed by atoms with Gasteiger partial charge in [-0.25, -0.2) is 9.18 Å². The molecule has 180 valence electrons. The molecule has 2 aliphatic carbocycles. The number of allylic oxidation sites excluding steroid dienone is 4. The van der Waals surface area contributed by atoms with Crippen molar-refractivity contribution in [2.24, 2.45) is 17.8 Å². The molecule has 0 aliphatic heterocycles. The fourth-order valence-corrected chi connectivity index (χ4v) is 5.95. The fourth-order valence-electron chi connectivity index (χ4n) is 5.95. The van der Waals surface area contributed by atoms with Gasteiger partial charge in [0.05, 0.1) is 5.56 Å². The molecule has 0 aromatic heterocycles. The van der Waals surface area contributed by atoms with Crippen LogP contribution in [0.4, 0.5) is 4.39 Å². The van der Waals surface area contributed by atoms with Gasteiger partial charge in [0.25, 0.3) is 0 Å². The van der Waals surface area contributed by atoms with Crippen LogP contribution in [0.15, 0.2) is 66.8 Å². The number of rotatable bonds is 7. The average Bonchev–Trinajstić information content (AvgIpc) is 2.85. The Morgan fingerprint density at radius 2 is 1.74 bits per heavy atom. The smallest absolute Gasteiger partial charge is 0.343 e. The van der Waals surface area contributed by atoms with Crippen molar-refractivity contribution in [3.05, 3.63) is 89.3 Å². The molecule has 3 heteroatoms. The Morgan fingerprint density at radius 1 is 0.971 bits per heavy atom. The minimum absolute atomic E-state index is 0.250. The van der Waals surface area contributed by atoms with E-state index < -0.39 is 5.97 Å². The number of carbonyl (C=O) groups is 1. The van der Waals surface area contributed by atoms with Crippen molar-refractivity contribution in [3.63, 3.8) is 0 Å². The Hall–Kier alpha value is -2.68. The van der Waals surface area contributed by atoms with E-state index in [1.54, 1.807) is 18.2 Å². The van der Waals surface area contributed by atoms with Crippen LogP contribution in [-0.2, 0) is 6.42 Å². The zero-order valence-corrected chi connectivity index (χ0v) is 20.5. The summed E-state index contributed by atoms with van der Waals surface area (Å²) in [6, 6.07) is 12.4. The Balaban J connectivity index is 1.35. The highest BCUT2D eigenvalue weighted by molar-refractivity contribution is 5.91. The van der Waals surface area contributed by atoms with E-state index in [4.69, 9.17) is 4.74 Å². The van der Waals surface area contributed by atoms with Gasteiger partial charge in [-0.1, -0.05) is 42.5 Å². The molecule has 4 atom stereocenters. The molecule has 0 bridgehead atoms. The van der Waals surface area contributed by atoms with Gasteiger partial charge in [0.2, 0.25) is 0 Å². The third-order valence-corrected chi connectivity index (χ3v) is 7.76. The average molecular weight is 461 g/mol. The molecule has 2 aromatic carbocycles. The number of hydrogen-bond acceptors (Lipinski definition) is 2. The topological polar surface area (TPSA) is 26.3 Å². The minimum atomic E-state index is -0.516. The highest BCUT2D eigenvalue weighted by Gasteiger charge is 2.36. The molecule has 4 unspecified atom stereocenters. The number of hydrogen-bond donors (Lipinski definition) is 0. The zero-order valence-electron chi connectivity index (χ0n) is 20.5. The van der Waals surface area contributed by atoms with Crippen LogP contribution >= 0.6 is 0 Å². The van der Waals surface area contributed by atoms with E-state index in [9.17, 15) is 4.79 Å². The Morgan fingerprint density at radius 3 is 2.47 bits per heavy atom.